The Morgan fingerprint density at radius 2 is 1.46 bits per heavy atom. The molecule has 5 rings (SSSR count). The van der Waals surface area contributed by atoms with E-state index in [1.807, 2.05) is 0 Å². The van der Waals surface area contributed by atoms with Gasteiger partial charge in [0.1, 0.15) is 6.10 Å². The van der Waals surface area contributed by atoms with E-state index in [4.69, 9.17) is 10.1 Å². The van der Waals surface area contributed by atoms with Gasteiger partial charge in [0, 0.05) is 10.8 Å². The molecule has 0 radical (unpaired) electrons. The third-order valence-corrected chi connectivity index (χ3v) is 6.81. The van der Waals surface area contributed by atoms with Crippen molar-refractivity contribution in [2.45, 2.75) is 24.1 Å². The smallest absolute Gasteiger partial charge is 0.198 e. The normalized spacial score (nSPS) is 21.8. The van der Waals surface area contributed by atoms with E-state index in [9.17, 15) is 0 Å². The molecule has 0 amide bonds. The van der Waals surface area contributed by atoms with Gasteiger partial charge in [-0.25, -0.2) is 0 Å². The van der Waals surface area contributed by atoms with Gasteiger partial charge in [0.2, 0.25) is 0 Å². The minimum absolute atomic E-state index is 0.102. The largest absolute Gasteiger partial charge is 0.476 e. The predicted octanol–water partition coefficient (Wildman–Crippen LogP) is 5.12. The van der Waals surface area contributed by atoms with Gasteiger partial charge in [0.15, 0.2) is 5.90 Å². The Balaban J connectivity index is 1.74. The topological polar surface area (TPSA) is 45.1 Å². The van der Waals surface area contributed by atoms with Gasteiger partial charge in [0.25, 0.3) is 0 Å². The van der Waals surface area contributed by atoms with Gasteiger partial charge in [0.05, 0.1) is 11.6 Å². The molecule has 1 aliphatic heterocycles. The van der Waals surface area contributed by atoms with Crippen molar-refractivity contribution in [3.05, 3.63) is 95.6 Å². The van der Waals surface area contributed by atoms with E-state index in [-0.39, 0.29) is 12.1 Å². The minimum atomic E-state index is -0.491. The number of fused-ring (bicyclic) bond motifs is 3. The number of rotatable bonds is 4. The first-order valence-corrected chi connectivity index (χ1v) is 11.1. The number of nitrogens with one attached hydrogen (secondary N) is 2. The molecule has 0 spiro atoms. The Kier molecular flexibility index (Phi) is 4.48. The van der Waals surface area contributed by atoms with Gasteiger partial charge < -0.3 is 4.74 Å². The number of hydrogen-bond acceptors (Lipinski definition) is 3. The van der Waals surface area contributed by atoms with Crippen molar-refractivity contribution in [2.24, 2.45) is 0 Å². The number of alkyl halides is 1. The molecule has 1 saturated heterocycles. The zero-order valence-electron chi connectivity index (χ0n) is 15.4. The van der Waals surface area contributed by atoms with Crippen molar-refractivity contribution in [2.75, 3.05) is 4.43 Å². The first-order valence-electron chi connectivity index (χ1n) is 9.57. The second-order valence-electron chi connectivity index (χ2n) is 7.40. The molecule has 3 nitrogen and oxygen atoms in total. The average Bonchev–Trinajstić information content (AvgIpc) is 3.25. The molecular formula is C24H21IN2O. The Labute approximate surface area is 178 Å². The van der Waals surface area contributed by atoms with Crippen LogP contribution in [0.25, 0.3) is 11.1 Å². The van der Waals surface area contributed by atoms with Crippen LogP contribution >= 0.6 is 22.6 Å². The second-order valence-corrected chi connectivity index (χ2v) is 8.28. The summed E-state index contributed by atoms with van der Waals surface area (Å²) < 4.78 is 6.70. The van der Waals surface area contributed by atoms with Gasteiger partial charge >= 0.3 is 0 Å². The molecule has 2 N–H and O–H groups in total. The summed E-state index contributed by atoms with van der Waals surface area (Å²) >= 11 is 2.34. The fourth-order valence-corrected chi connectivity index (χ4v) is 5.17. The first kappa shape index (κ1) is 17.9. The monoisotopic (exact) mass is 480 g/mol. The third-order valence-electron chi connectivity index (χ3n) is 5.83. The molecule has 2 unspecified atom stereocenters. The Bertz CT molecular complexity index is 988. The molecule has 1 fully saturated rings. The van der Waals surface area contributed by atoms with E-state index >= 15 is 0 Å². The van der Waals surface area contributed by atoms with Crippen molar-refractivity contribution in [3.8, 4) is 11.1 Å². The van der Waals surface area contributed by atoms with Crippen LogP contribution in [0.3, 0.4) is 0 Å². The molecule has 140 valence electrons. The quantitative estimate of drug-likeness (QED) is 0.403. The number of ether oxygens (including phenoxy) is 1. The molecule has 4 heteroatoms. The zero-order chi connectivity index (χ0) is 19.1. The maximum Gasteiger partial charge on any atom is 0.198 e. The van der Waals surface area contributed by atoms with Crippen LogP contribution in [-0.2, 0) is 10.3 Å². The molecule has 2 atom stereocenters. The van der Waals surface area contributed by atoms with Crippen molar-refractivity contribution < 1.29 is 4.74 Å². The summed E-state index contributed by atoms with van der Waals surface area (Å²) in [5.41, 5.74) is 5.70. The van der Waals surface area contributed by atoms with Crippen LogP contribution in [0, 0.1) is 5.41 Å². The highest BCUT2D eigenvalue weighted by Crippen LogP contribution is 2.51. The van der Waals surface area contributed by atoms with Crippen LogP contribution in [0.5, 0.6) is 0 Å². The fourth-order valence-electron chi connectivity index (χ4n) is 4.63. The Morgan fingerprint density at radius 1 is 0.893 bits per heavy atom. The highest BCUT2D eigenvalue weighted by molar-refractivity contribution is 14.1. The molecule has 3 aromatic carbocycles. The number of halogens is 1. The van der Waals surface area contributed by atoms with E-state index in [1.54, 1.807) is 0 Å². The van der Waals surface area contributed by atoms with Crippen molar-refractivity contribution >= 4 is 28.5 Å². The summed E-state index contributed by atoms with van der Waals surface area (Å²) in [6, 6.07) is 27.7. The van der Waals surface area contributed by atoms with Gasteiger partial charge in [-0.2, -0.15) is 0 Å². The maximum atomic E-state index is 8.43. The van der Waals surface area contributed by atoms with Gasteiger partial charge in [-0.1, -0.05) is 101 Å². The van der Waals surface area contributed by atoms with E-state index < -0.39 is 5.54 Å². The van der Waals surface area contributed by atoms with Crippen LogP contribution in [0.4, 0.5) is 0 Å². The fraction of sp³-hybridized carbons (Fsp3) is 0.208. The second kappa shape index (κ2) is 7.01. The SMILES string of the molecule is N=C1OC(CI)CC1NC1(c2ccccc2)c2ccccc2-c2ccccc21. The molecule has 1 aliphatic carbocycles. The van der Waals surface area contributed by atoms with Crippen LogP contribution in [0.1, 0.15) is 23.1 Å². The van der Waals surface area contributed by atoms with Crippen molar-refractivity contribution in [1.29, 1.82) is 5.41 Å². The standard InChI is InChI=1S/C24H21IN2O/c25-15-17-14-22(23(26)28-17)27-24(16-8-2-1-3-9-16)20-12-6-4-10-18(20)19-11-5-7-13-21(19)24/h1-13,17,22,26-27H,14-15H2. The van der Waals surface area contributed by atoms with Crippen molar-refractivity contribution in [3.63, 3.8) is 0 Å². The van der Waals surface area contributed by atoms with Gasteiger partial charge in [-0.05, 0) is 27.8 Å². The van der Waals surface area contributed by atoms with Gasteiger partial charge in [-0.3, -0.25) is 10.7 Å². The lowest BCUT2D eigenvalue weighted by Crippen LogP contribution is -2.50. The molecule has 1 heterocycles. The number of benzene rings is 3. The molecule has 28 heavy (non-hydrogen) atoms. The van der Waals surface area contributed by atoms with Crippen LogP contribution in [-0.4, -0.2) is 22.5 Å². The molecule has 2 aliphatic rings. The third kappa shape index (κ3) is 2.62. The summed E-state index contributed by atoms with van der Waals surface area (Å²) in [4.78, 5) is 0. The predicted molar refractivity (Wildman–Crippen MR) is 121 cm³/mol. The summed E-state index contributed by atoms with van der Waals surface area (Å²) in [7, 11) is 0. The number of hydrogen-bond donors (Lipinski definition) is 2. The molecular weight excluding hydrogens is 459 g/mol. The molecule has 0 bridgehead atoms. The summed E-state index contributed by atoms with van der Waals surface area (Å²) in [5.74, 6) is 0.346. The first-order chi connectivity index (χ1) is 13.7. The lowest BCUT2D eigenvalue weighted by atomic mass is 9.80. The van der Waals surface area contributed by atoms with E-state index in [0.29, 0.717) is 5.90 Å². The maximum absolute atomic E-state index is 8.43. The van der Waals surface area contributed by atoms with Crippen LogP contribution in [0.15, 0.2) is 78.9 Å². The zero-order valence-corrected chi connectivity index (χ0v) is 17.5. The molecule has 0 aromatic heterocycles. The highest BCUT2D eigenvalue weighted by Gasteiger charge is 2.47. The summed E-state index contributed by atoms with van der Waals surface area (Å²) in [6.45, 7) is 0. The minimum Gasteiger partial charge on any atom is -0.476 e. The van der Waals surface area contributed by atoms with E-state index in [1.165, 1.54) is 27.8 Å². The average molecular weight is 480 g/mol. The van der Waals surface area contributed by atoms with Crippen LogP contribution < -0.4 is 5.32 Å². The summed E-state index contributed by atoms with van der Waals surface area (Å²) in [6.07, 6.45) is 0.922. The lowest BCUT2D eigenvalue weighted by Gasteiger charge is -2.36. The lowest BCUT2D eigenvalue weighted by molar-refractivity contribution is 0.245. The van der Waals surface area contributed by atoms with E-state index in [2.05, 4.69) is 107 Å². The Morgan fingerprint density at radius 3 is 2.04 bits per heavy atom. The molecule has 0 saturated carbocycles. The van der Waals surface area contributed by atoms with Crippen molar-refractivity contribution in [1.82, 2.24) is 5.32 Å². The van der Waals surface area contributed by atoms with Gasteiger partial charge in [-0.15, -0.1) is 0 Å². The van der Waals surface area contributed by atoms with Crippen LogP contribution in [0.2, 0.25) is 0 Å². The molecule has 3 aromatic rings. The Hall–Kier alpha value is -2.18. The van der Waals surface area contributed by atoms with E-state index in [0.717, 1.165) is 10.8 Å². The highest BCUT2D eigenvalue weighted by atomic mass is 127. The summed E-state index contributed by atoms with van der Waals surface area (Å²) in [5, 5.41) is 12.3.